The van der Waals surface area contributed by atoms with E-state index in [-0.39, 0.29) is 5.91 Å². The quantitative estimate of drug-likeness (QED) is 0.860. The van der Waals surface area contributed by atoms with E-state index >= 15 is 0 Å². The molecule has 1 aliphatic carbocycles. The second kappa shape index (κ2) is 6.24. The van der Waals surface area contributed by atoms with Gasteiger partial charge >= 0.3 is 0 Å². The number of aromatic nitrogens is 3. The molecule has 1 aromatic carbocycles. The summed E-state index contributed by atoms with van der Waals surface area (Å²) in [6, 6.07) is 5.50. The normalized spacial score (nSPS) is 15.7. The Bertz CT molecular complexity index is 628. The Kier molecular flexibility index (Phi) is 4.18. The van der Waals surface area contributed by atoms with Gasteiger partial charge in [-0.15, -0.1) is 5.10 Å². The van der Waals surface area contributed by atoms with E-state index < -0.39 is 0 Å². The number of carbonyl (C=O) groups excluding carboxylic acids is 1. The topological polar surface area (TPSA) is 59.8 Å². The monoisotopic (exact) mass is 286 g/mol. The fourth-order valence-corrected chi connectivity index (χ4v) is 3.17. The highest BCUT2D eigenvalue weighted by molar-refractivity contribution is 5.97. The van der Waals surface area contributed by atoms with Crippen LogP contribution in [0.5, 0.6) is 0 Å². The lowest BCUT2D eigenvalue weighted by molar-refractivity contribution is 0.0952. The second-order valence-electron chi connectivity index (χ2n) is 5.97. The summed E-state index contributed by atoms with van der Waals surface area (Å²) in [4.78, 5) is 12.2. The Hall–Kier alpha value is -1.91. The van der Waals surface area contributed by atoms with Gasteiger partial charge in [0.25, 0.3) is 5.91 Å². The molecular formula is C16H22N4O. The molecule has 0 saturated heterocycles. The van der Waals surface area contributed by atoms with Gasteiger partial charge in [-0.3, -0.25) is 4.79 Å². The van der Waals surface area contributed by atoms with E-state index in [4.69, 9.17) is 0 Å². The number of benzene rings is 1. The molecule has 1 saturated carbocycles. The minimum atomic E-state index is -0.00970. The largest absolute Gasteiger partial charge is 0.352 e. The summed E-state index contributed by atoms with van der Waals surface area (Å²) in [7, 11) is 1.83. The molecule has 112 valence electrons. The van der Waals surface area contributed by atoms with Crippen LogP contribution in [0.1, 0.15) is 48.9 Å². The van der Waals surface area contributed by atoms with E-state index in [9.17, 15) is 4.79 Å². The molecule has 1 N–H and O–H groups in total. The number of nitrogens with one attached hydrogen (secondary N) is 1. The molecule has 0 radical (unpaired) electrons. The number of carbonyl (C=O) groups is 1. The summed E-state index contributed by atoms with van der Waals surface area (Å²) >= 11 is 0. The first kappa shape index (κ1) is 14.0. The number of aryl methyl sites for hydroxylation is 1. The summed E-state index contributed by atoms with van der Waals surface area (Å²) in [6.45, 7) is 0.761. The van der Waals surface area contributed by atoms with Gasteiger partial charge in [-0.2, -0.15) is 0 Å². The first-order valence-corrected chi connectivity index (χ1v) is 7.81. The Morgan fingerprint density at radius 3 is 3.00 bits per heavy atom. The van der Waals surface area contributed by atoms with E-state index in [0.29, 0.717) is 5.56 Å². The van der Waals surface area contributed by atoms with E-state index in [2.05, 4.69) is 15.6 Å². The fraction of sp³-hybridized carbons (Fsp3) is 0.562. The lowest BCUT2D eigenvalue weighted by atomic mass is 10.0. The standard InChI is InChI=1S/C16H22N4O/c1-20-15-11-13(8-9-14(15)18-19-20)16(21)17-10-4-7-12-5-2-3-6-12/h8-9,11-12H,2-7,10H2,1H3,(H,17,21). The smallest absolute Gasteiger partial charge is 0.251 e. The minimum Gasteiger partial charge on any atom is -0.352 e. The van der Waals surface area contributed by atoms with Crippen molar-refractivity contribution in [3.8, 4) is 0 Å². The molecular weight excluding hydrogens is 264 g/mol. The first-order chi connectivity index (χ1) is 10.2. The molecule has 3 rings (SSSR count). The molecule has 5 nitrogen and oxygen atoms in total. The third-order valence-electron chi connectivity index (χ3n) is 4.42. The number of nitrogens with zero attached hydrogens (tertiary/aromatic N) is 3. The third-order valence-corrected chi connectivity index (χ3v) is 4.42. The maximum atomic E-state index is 12.2. The van der Waals surface area contributed by atoms with Crippen molar-refractivity contribution in [1.82, 2.24) is 20.3 Å². The zero-order valence-electron chi connectivity index (χ0n) is 12.5. The van der Waals surface area contributed by atoms with Crippen molar-refractivity contribution in [3.63, 3.8) is 0 Å². The first-order valence-electron chi connectivity index (χ1n) is 7.81. The third kappa shape index (κ3) is 3.23. The Labute approximate surface area is 124 Å². The van der Waals surface area contributed by atoms with Gasteiger partial charge < -0.3 is 5.32 Å². The predicted octanol–water partition coefficient (Wildman–Crippen LogP) is 2.67. The molecule has 0 aliphatic heterocycles. The summed E-state index contributed by atoms with van der Waals surface area (Å²) in [5.41, 5.74) is 2.37. The van der Waals surface area contributed by atoms with Crippen molar-refractivity contribution in [2.45, 2.75) is 38.5 Å². The Morgan fingerprint density at radius 1 is 1.38 bits per heavy atom. The van der Waals surface area contributed by atoms with Crippen LogP contribution in [0.3, 0.4) is 0 Å². The Balaban J connectivity index is 1.52. The predicted molar refractivity (Wildman–Crippen MR) is 82.0 cm³/mol. The van der Waals surface area contributed by atoms with Crippen LogP contribution in [0, 0.1) is 5.92 Å². The van der Waals surface area contributed by atoms with E-state index in [1.807, 2.05) is 25.2 Å². The molecule has 1 aliphatic rings. The molecule has 0 atom stereocenters. The molecule has 0 unspecified atom stereocenters. The van der Waals surface area contributed by atoms with Crippen molar-refractivity contribution in [2.24, 2.45) is 13.0 Å². The van der Waals surface area contributed by atoms with Crippen molar-refractivity contribution < 1.29 is 4.79 Å². The SMILES string of the molecule is Cn1nnc2ccc(C(=O)NCCCC3CCCC3)cc21. The molecule has 0 bridgehead atoms. The highest BCUT2D eigenvalue weighted by atomic mass is 16.1. The van der Waals surface area contributed by atoms with Gasteiger partial charge in [-0.05, 0) is 37.0 Å². The lowest BCUT2D eigenvalue weighted by Gasteiger charge is -2.09. The van der Waals surface area contributed by atoms with Crippen molar-refractivity contribution >= 4 is 16.9 Å². The van der Waals surface area contributed by atoms with Crippen molar-refractivity contribution in [3.05, 3.63) is 23.8 Å². The number of fused-ring (bicyclic) bond motifs is 1. The van der Waals surface area contributed by atoms with Crippen LogP contribution in [0.4, 0.5) is 0 Å². The summed E-state index contributed by atoms with van der Waals surface area (Å²) in [5.74, 6) is 0.878. The van der Waals surface area contributed by atoms with Crippen LogP contribution in [0.25, 0.3) is 11.0 Å². The van der Waals surface area contributed by atoms with Gasteiger partial charge in [0.2, 0.25) is 0 Å². The van der Waals surface area contributed by atoms with Crippen LogP contribution in [0.15, 0.2) is 18.2 Å². The lowest BCUT2D eigenvalue weighted by Crippen LogP contribution is -2.24. The van der Waals surface area contributed by atoms with Gasteiger partial charge in [0.05, 0.1) is 5.52 Å². The van der Waals surface area contributed by atoms with E-state index in [0.717, 1.165) is 29.9 Å². The maximum absolute atomic E-state index is 12.2. The summed E-state index contributed by atoms with van der Waals surface area (Å²) < 4.78 is 1.69. The number of hydrogen-bond donors (Lipinski definition) is 1. The summed E-state index contributed by atoms with van der Waals surface area (Å²) in [6.07, 6.45) is 7.83. The maximum Gasteiger partial charge on any atom is 0.251 e. The average molecular weight is 286 g/mol. The molecule has 1 aromatic heterocycles. The molecule has 21 heavy (non-hydrogen) atoms. The molecule has 1 fully saturated rings. The van der Waals surface area contributed by atoms with Crippen LogP contribution >= 0.6 is 0 Å². The number of rotatable bonds is 5. The minimum absolute atomic E-state index is 0.00970. The van der Waals surface area contributed by atoms with Gasteiger partial charge in [-0.25, -0.2) is 4.68 Å². The molecule has 5 heteroatoms. The van der Waals surface area contributed by atoms with Crippen molar-refractivity contribution in [2.75, 3.05) is 6.54 Å². The van der Waals surface area contributed by atoms with Gasteiger partial charge in [0, 0.05) is 19.2 Å². The molecule has 2 aromatic rings. The highest BCUT2D eigenvalue weighted by Crippen LogP contribution is 2.28. The molecule has 1 heterocycles. The van der Waals surface area contributed by atoms with Crippen LogP contribution < -0.4 is 5.32 Å². The van der Waals surface area contributed by atoms with Crippen LogP contribution in [-0.2, 0) is 7.05 Å². The average Bonchev–Trinajstić information content (AvgIpc) is 3.13. The second-order valence-corrected chi connectivity index (χ2v) is 5.97. The zero-order chi connectivity index (χ0) is 14.7. The number of amides is 1. The van der Waals surface area contributed by atoms with Gasteiger partial charge in [-0.1, -0.05) is 30.9 Å². The van der Waals surface area contributed by atoms with Crippen LogP contribution in [-0.4, -0.2) is 27.4 Å². The van der Waals surface area contributed by atoms with Crippen LogP contribution in [0.2, 0.25) is 0 Å². The highest BCUT2D eigenvalue weighted by Gasteiger charge is 2.14. The van der Waals surface area contributed by atoms with Gasteiger partial charge in [0.15, 0.2) is 0 Å². The zero-order valence-corrected chi connectivity index (χ0v) is 12.5. The number of hydrogen-bond acceptors (Lipinski definition) is 3. The Morgan fingerprint density at radius 2 is 2.19 bits per heavy atom. The van der Waals surface area contributed by atoms with E-state index in [1.54, 1.807) is 4.68 Å². The molecule has 1 amide bonds. The summed E-state index contributed by atoms with van der Waals surface area (Å²) in [5, 5.41) is 11.0. The fourth-order valence-electron chi connectivity index (χ4n) is 3.17. The van der Waals surface area contributed by atoms with Gasteiger partial charge in [0.1, 0.15) is 5.52 Å². The van der Waals surface area contributed by atoms with E-state index in [1.165, 1.54) is 32.1 Å². The van der Waals surface area contributed by atoms with Crippen molar-refractivity contribution in [1.29, 1.82) is 0 Å². The molecule has 0 spiro atoms.